The normalized spacial score (nSPS) is 10.6. The number of imidazole rings is 1. The highest BCUT2D eigenvalue weighted by molar-refractivity contribution is 6.32. The Hall–Kier alpha value is -2.73. The van der Waals surface area contributed by atoms with Gasteiger partial charge in [0, 0.05) is 25.4 Å². The molecule has 6 nitrogen and oxygen atoms in total. The Morgan fingerprint density at radius 2 is 2.04 bits per heavy atom. The number of hydrogen-bond acceptors (Lipinski definition) is 4. The molecular formula is C18H18ClN3O3. The maximum absolute atomic E-state index is 11.9. The first-order valence-electron chi connectivity index (χ1n) is 7.82. The summed E-state index contributed by atoms with van der Waals surface area (Å²) in [5.41, 5.74) is 1.63. The maximum Gasteiger partial charge on any atom is 0.257 e. The summed E-state index contributed by atoms with van der Waals surface area (Å²) in [4.78, 5) is 16.4. The number of halogens is 1. The van der Waals surface area contributed by atoms with E-state index in [1.807, 2.05) is 28.9 Å². The van der Waals surface area contributed by atoms with Crippen molar-refractivity contribution in [1.82, 2.24) is 14.7 Å². The van der Waals surface area contributed by atoms with E-state index in [0.717, 1.165) is 11.3 Å². The van der Waals surface area contributed by atoms with Crippen LogP contribution in [0.1, 0.15) is 5.69 Å². The molecule has 0 aliphatic rings. The standard InChI is InChI=1S/C18H18ClN3O3/c1-24-16-7-4-10-22-11-13(21-18(16)22)8-9-20-17(23)12-25-15-6-3-2-5-14(15)19/h2-7,10-11H,8-9,12H2,1H3,(H,20,23). The van der Waals surface area contributed by atoms with Crippen molar-refractivity contribution in [3.63, 3.8) is 0 Å². The van der Waals surface area contributed by atoms with E-state index in [1.165, 1.54) is 0 Å². The van der Waals surface area contributed by atoms with Crippen LogP contribution in [0.25, 0.3) is 5.65 Å². The van der Waals surface area contributed by atoms with Crippen LogP contribution in [0, 0.1) is 0 Å². The van der Waals surface area contributed by atoms with Crippen LogP contribution in [-0.2, 0) is 11.2 Å². The van der Waals surface area contributed by atoms with E-state index in [9.17, 15) is 4.79 Å². The van der Waals surface area contributed by atoms with Crippen molar-refractivity contribution in [3.05, 3.63) is 59.5 Å². The second-order valence-electron chi connectivity index (χ2n) is 5.36. The second kappa shape index (κ2) is 7.90. The molecule has 0 radical (unpaired) electrons. The second-order valence-corrected chi connectivity index (χ2v) is 5.77. The van der Waals surface area contributed by atoms with Crippen LogP contribution < -0.4 is 14.8 Å². The van der Waals surface area contributed by atoms with Gasteiger partial charge >= 0.3 is 0 Å². The highest BCUT2D eigenvalue weighted by Gasteiger charge is 2.08. The summed E-state index contributed by atoms with van der Waals surface area (Å²) in [6, 6.07) is 10.8. The molecule has 1 N–H and O–H groups in total. The maximum atomic E-state index is 11.9. The van der Waals surface area contributed by atoms with Crippen molar-refractivity contribution in [2.75, 3.05) is 20.3 Å². The number of fused-ring (bicyclic) bond motifs is 1. The summed E-state index contributed by atoms with van der Waals surface area (Å²) < 4.78 is 12.6. The van der Waals surface area contributed by atoms with Crippen LogP contribution in [0.3, 0.4) is 0 Å². The first-order chi connectivity index (χ1) is 12.2. The van der Waals surface area contributed by atoms with E-state index in [2.05, 4.69) is 10.3 Å². The van der Waals surface area contributed by atoms with Crippen molar-refractivity contribution in [2.45, 2.75) is 6.42 Å². The lowest BCUT2D eigenvalue weighted by Crippen LogP contribution is -2.30. The van der Waals surface area contributed by atoms with Gasteiger partial charge in [-0.05, 0) is 24.3 Å². The van der Waals surface area contributed by atoms with Crippen molar-refractivity contribution in [1.29, 1.82) is 0 Å². The molecule has 0 saturated carbocycles. The predicted molar refractivity (Wildman–Crippen MR) is 95.4 cm³/mol. The molecule has 2 heterocycles. The van der Waals surface area contributed by atoms with Gasteiger partial charge in [-0.15, -0.1) is 0 Å². The van der Waals surface area contributed by atoms with Gasteiger partial charge in [0.15, 0.2) is 18.0 Å². The molecule has 0 unspecified atom stereocenters. The van der Waals surface area contributed by atoms with Crippen LogP contribution in [0.5, 0.6) is 11.5 Å². The van der Waals surface area contributed by atoms with Gasteiger partial charge in [0.2, 0.25) is 0 Å². The topological polar surface area (TPSA) is 64.9 Å². The first kappa shape index (κ1) is 17.1. The van der Waals surface area contributed by atoms with Gasteiger partial charge in [-0.3, -0.25) is 4.79 Å². The van der Waals surface area contributed by atoms with Crippen LogP contribution in [0.15, 0.2) is 48.8 Å². The average Bonchev–Trinajstić information content (AvgIpc) is 3.04. The molecule has 0 fully saturated rings. The van der Waals surface area contributed by atoms with E-state index in [0.29, 0.717) is 29.5 Å². The van der Waals surface area contributed by atoms with E-state index >= 15 is 0 Å². The summed E-state index contributed by atoms with van der Waals surface area (Å²) in [5, 5.41) is 3.29. The fourth-order valence-electron chi connectivity index (χ4n) is 2.40. The van der Waals surface area contributed by atoms with Gasteiger partial charge in [0.25, 0.3) is 5.91 Å². The number of amides is 1. The number of carbonyl (C=O) groups excluding carboxylic acids is 1. The summed E-state index contributed by atoms with van der Waals surface area (Å²) >= 11 is 5.98. The Kier molecular flexibility index (Phi) is 5.40. The third-order valence-corrected chi connectivity index (χ3v) is 3.93. The third-order valence-electron chi connectivity index (χ3n) is 3.62. The van der Waals surface area contributed by atoms with Crippen LogP contribution >= 0.6 is 11.6 Å². The fraction of sp³-hybridized carbons (Fsp3) is 0.222. The number of para-hydroxylation sites is 1. The van der Waals surface area contributed by atoms with Crippen LogP contribution in [0.2, 0.25) is 5.02 Å². The molecule has 130 valence electrons. The lowest BCUT2D eigenvalue weighted by atomic mass is 10.3. The van der Waals surface area contributed by atoms with Gasteiger partial charge in [0.1, 0.15) is 5.75 Å². The molecule has 0 saturated heterocycles. The van der Waals surface area contributed by atoms with E-state index in [-0.39, 0.29) is 12.5 Å². The zero-order chi connectivity index (χ0) is 17.6. The van der Waals surface area contributed by atoms with E-state index in [1.54, 1.807) is 31.4 Å². The lowest BCUT2D eigenvalue weighted by molar-refractivity contribution is -0.123. The molecular weight excluding hydrogens is 342 g/mol. The fourth-order valence-corrected chi connectivity index (χ4v) is 2.59. The Bertz CT molecular complexity index is 879. The Morgan fingerprint density at radius 1 is 1.24 bits per heavy atom. The number of benzene rings is 1. The molecule has 7 heteroatoms. The number of aromatic nitrogens is 2. The number of nitrogens with one attached hydrogen (secondary N) is 1. The Labute approximate surface area is 150 Å². The smallest absolute Gasteiger partial charge is 0.257 e. The first-order valence-corrected chi connectivity index (χ1v) is 8.20. The summed E-state index contributed by atoms with van der Waals surface area (Å²) in [6.07, 6.45) is 4.44. The largest absolute Gasteiger partial charge is 0.493 e. The molecule has 3 aromatic rings. The minimum atomic E-state index is -0.207. The van der Waals surface area contributed by atoms with Crippen LogP contribution in [-0.4, -0.2) is 35.6 Å². The number of methoxy groups -OCH3 is 1. The summed E-state index contributed by atoms with van der Waals surface area (Å²) in [6.45, 7) is 0.389. The van der Waals surface area contributed by atoms with Crippen molar-refractivity contribution in [3.8, 4) is 11.5 Å². The molecule has 0 atom stereocenters. The molecule has 25 heavy (non-hydrogen) atoms. The summed E-state index contributed by atoms with van der Waals surface area (Å²) in [5.74, 6) is 0.999. The minimum absolute atomic E-state index is 0.0806. The quantitative estimate of drug-likeness (QED) is 0.704. The highest BCUT2D eigenvalue weighted by Crippen LogP contribution is 2.22. The number of nitrogens with zero attached hydrogens (tertiary/aromatic N) is 2. The van der Waals surface area contributed by atoms with Gasteiger partial charge in [-0.25, -0.2) is 4.98 Å². The van der Waals surface area contributed by atoms with Gasteiger partial charge in [-0.1, -0.05) is 23.7 Å². The van der Waals surface area contributed by atoms with E-state index in [4.69, 9.17) is 21.1 Å². The van der Waals surface area contributed by atoms with Gasteiger partial charge in [0.05, 0.1) is 17.8 Å². The lowest BCUT2D eigenvalue weighted by Gasteiger charge is -2.08. The zero-order valence-corrected chi connectivity index (χ0v) is 14.5. The molecule has 0 aliphatic carbocycles. The minimum Gasteiger partial charge on any atom is -0.493 e. The molecule has 1 aromatic carbocycles. The number of pyridine rings is 1. The van der Waals surface area contributed by atoms with Crippen molar-refractivity contribution >= 4 is 23.2 Å². The number of hydrogen-bond donors (Lipinski definition) is 1. The number of rotatable bonds is 7. The van der Waals surface area contributed by atoms with Crippen LogP contribution in [0.4, 0.5) is 0 Å². The third kappa shape index (κ3) is 4.22. The molecule has 1 amide bonds. The zero-order valence-electron chi connectivity index (χ0n) is 13.7. The van der Waals surface area contributed by atoms with Crippen molar-refractivity contribution in [2.24, 2.45) is 0 Å². The highest BCUT2D eigenvalue weighted by atomic mass is 35.5. The van der Waals surface area contributed by atoms with Gasteiger partial charge < -0.3 is 19.2 Å². The molecule has 0 bridgehead atoms. The van der Waals surface area contributed by atoms with Crippen molar-refractivity contribution < 1.29 is 14.3 Å². The number of ether oxygens (including phenoxy) is 2. The molecule has 0 spiro atoms. The Morgan fingerprint density at radius 3 is 2.84 bits per heavy atom. The average molecular weight is 360 g/mol. The molecule has 3 rings (SSSR count). The predicted octanol–water partition coefficient (Wildman–Crippen LogP) is 2.73. The molecule has 2 aromatic heterocycles. The monoisotopic (exact) mass is 359 g/mol. The Balaban J connectivity index is 1.49. The molecule has 0 aliphatic heterocycles. The number of carbonyl (C=O) groups is 1. The summed E-state index contributed by atoms with van der Waals surface area (Å²) in [7, 11) is 1.61. The van der Waals surface area contributed by atoms with E-state index < -0.39 is 0 Å². The van der Waals surface area contributed by atoms with Gasteiger partial charge in [-0.2, -0.15) is 0 Å². The SMILES string of the molecule is COc1cccn2cc(CCNC(=O)COc3ccccc3Cl)nc12.